The van der Waals surface area contributed by atoms with E-state index in [4.69, 9.17) is 4.74 Å². The summed E-state index contributed by atoms with van der Waals surface area (Å²) in [5, 5.41) is 8.41. The third-order valence-corrected chi connectivity index (χ3v) is 5.44. The van der Waals surface area contributed by atoms with Crippen LogP contribution < -0.4 is 0 Å². The smallest absolute Gasteiger partial charge is 0.409 e. The van der Waals surface area contributed by atoms with Crippen LogP contribution in [0.2, 0.25) is 0 Å². The predicted molar refractivity (Wildman–Crippen MR) is 94.2 cm³/mol. The molecule has 2 amide bonds. The van der Waals surface area contributed by atoms with E-state index in [1.165, 1.54) is 11.3 Å². The van der Waals surface area contributed by atoms with Gasteiger partial charge in [0.2, 0.25) is 4.96 Å². The van der Waals surface area contributed by atoms with Crippen LogP contribution in [-0.4, -0.2) is 69.2 Å². The van der Waals surface area contributed by atoms with E-state index in [1.54, 1.807) is 16.7 Å². The highest BCUT2D eigenvalue weighted by molar-refractivity contribution is 7.19. The fourth-order valence-corrected chi connectivity index (χ4v) is 3.99. The first-order chi connectivity index (χ1) is 11.9. The first-order valence-corrected chi connectivity index (χ1v) is 9.31. The van der Waals surface area contributed by atoms with Gasteiger partial charge in [0, 0.05) is 37.8 Å². The second-order valence-corrected chi connectivity index (χ2v) is 7.30. The van der Waals surface area contributed by atoms with Crippen molar-refractivity contribution >= 4 is 28.3 Å². The number of thiazole rings is 1. The number of amides is 2. The summed E-state index contributed by atoms with van der Waals surface area (Å²) in [7, 11) is 0. The van der Waals surface area contributed by atoms with Gasteiger partial charge in [0.15, 0.2) is 0 Å². The van der Waals surface area contributed by atoms with E-state index in [-0.39, 0.29) is 17.9 Å². The zero-order chi connectivity index (χ0) is 18.1. The minimum Gasteiger partial charge on any atom is -0.450 e. The molecule has 1 fully saturated rings. The minimum absolute atomic E-state index is 0.00813. The molecule has 1 aliphatic rings. The Labute approximate surface area is 150 Å². The molecule has 9 heteroatoms. The molecule has 0 atom stereocenters. The van der Waals surface area contributed by atoms with Gasteiger partial charge in [0.05, 0.1) is 6.61 Å². The van der Waals surface area contributed by atoms with E-state index in [2.05, 4.69) is 24.0 Å². The molecule has 1 saturated heterocycles. The number of fused-ring (bicyclic) bond motifs is 1. The first-order valence-electron chi connectivity index (χ1n) is 8.49. The summed E-state index contributed by atoms with van der Waals surface area (Å²) in [6.45, 7) is 10.2. The van der Waals surface area contributed by atoms with Gasteiger partial charge in [-0.05, 0) is 13.8 Å². The number of carbonyl (C=O) groups excluding carboxylic acids is 2. The predicted octanol–water partition coefficient (Wildman–Crippen LogP) is 2.14. The zero-order valence-corrected chi connectivity index (χ0v) is 15.8. The van der Waals surface area contributed by atoms with Gasteiger partial charge < -0.3 is 14.5 Å². The second-order valence-electron chi connectivity index (χ2n) is 6.33. The van der Waals surface area contributed by atoms with Crippen LogP contribution in [0.1, 0.15) is 47.9 Å². The van der Waals surface area contributed by atoms with Crippen molar-refractivity contribution in [1.82, 2.24) is 24.4 Å². The van der Waals surface area contributed by atoms with Crippen molar-refractivity contribution in [2.75, 3.05) is 32.8 Å². The summed E-state index contributed by atoms with van der Waals surface area (Å²) >= 11 is 1.37. The minimum atomic E-state index is -0.312. The molecule has 3 heterocycles. The van der Waals surface area contributed by atoms with Gasteiger partial charge in [-0.2, -0.15) is 0 Å². The Morgan fingerprint density at radius 3 is 2.40 bits per heavy atom. The van der Waals surface area contributed by atoms with E-state index >= 15 is 0 Å². The van der Waals surface area contributed by atoms with Crippen molar-refractivity contribution in [3.63, 3.8) is 0 Å². The molecule has 0 aliphatic carbocycles. The van der Waals surface area contributed by atoms with E-state index < -0.39 is 0 Å². The van der Waals surface area contributed by atoms with Gasteiger partial charge in [-0.25, -0.2) is 4.79 Å². The molecule has 2 aromatic heterocycles. The molecular formula is C16H23N5O3S. The van der Waals surface area contributed by atoms with E-state index in [1.807, 2.05) is 11.3 Å². The van der Waals surface area contributed by atoms with Gasteiger partial charge in [0.25, 0.3) is 5.91 Å². The largest absolute Gasteiger partial charge is 0.450 e. The Morgan fingerprint density at radius 2 is 1.80 bits per heavy atom. The van der Waals surface area contributed by atoms with E-state index in [9.17, 15) is 9.59 Å². The Hall–Kier alpha value is -2.16. The lowest BCUT2D eigenvalue weighted by molar-refractivity contribution is 0.0573. The molecule has 8 nitrogen and oxygen atoms in total. The highest BCUT2D eigenvalue weighted by Crippen LogP contribution is 2.27. The topological polar surface area (TPSA) is 80.0 Å². The number of ether oxygens (including phenoxy) is 1. The van der Waals surface area contributed by atoms with Crippen LogP contribution in [0.3, 0.4) is 0 Å². The maximum Gasteiger partial charge on any atom is 0.409 e. The van der Waals surface area contributed by atoms with Gasteiger partial charge in [-0.1, -0.05) is 25.2 Å². The van der Waals surface area contributed by atoms with Crippen molar-refractivity contribution in [2.24, 2.45) is 0 Å². The Balaban J connectivity index is 1.75. The van der Waals surface area contributed by atoms with E-state index in [0.717, 1.165) is 16.5 Å². The first kappa shape index (κ1) is 17.7. The van der Waals surface area contributed by atoms with Gasteiger partial charge in [-0.3, -0.25) is 9.20 Å². The summed E-state index contributed by atoms with van der Waals surface area (Å²) in [6, 6.07) is 0. The Bertz CT molecular complexity index is 789. The molecule has 25 heavy (non-hydrogen) atoms. The molecule has 0 saturated carbocycles. The molecule has 0 N–H and O–H groups in total. The highest BCUT2D eigenvalue weighted by Gasteiger charge is 2.29. The van der Waals surface area contributed by atoms with Crippen LogP contribution in [-0.2, 0) is 4.74 Å². The number of piperazine rings is 1. The van der Waals surface area contributed by atoms with Crippen LogP contribution in [0.5, 0.6) is 0 Å². The molecule has 3 rings (SSSR count). The third-order valence-electron chi connectivity index (χ3n) is 4.32. The summed E-state index contributed by atoms with van der Waals surface area (Å²) in [5.41, 5.74) is 0.881. The number of nitrogens with zero attached hydrogens (tertiary/aromatic N) is 5. The van der Waals surface area contributed by atoms with Crippen LogP contribution in [0.15, 0.2) is 0 Å². The Morgan fingerprint density at radius 1 is 1.16 bits per heavy atom. The van der Waals surface area contributed by atoms with Crippen molar-refractivity contribution in [1.29, 1.82) is 0 Å². The van der Waals surface area contributed by atoms with E-state index in [0.29, 0.717) is 37.7 Å². The van der Waals surface area contributed by atoms with Gasteiger partial charge in [-0.15, -0.1) is 10.2 Å². The van der Waals surface area contributed by atoms with Crippen LogP contribution in [0.25, 0.3) is 4.96 Å². The lowest BCUT2D eigenvalue weighted by Crippen LogP contribution is -2.50. The quantitative estimate of drug-likeness (QED) is 0.832. The lowest BCUT2D eigenvalue weighted by atomic mass is 10.2. The van der Waals surface area contributed by atoms with Crippen LogP contribution in [0, 0.1) is 6.92 Å². The molecule has 1 aliphatic heterocycles. The van der Waals surface area contributed by atoms with Crippen LogP contribution >= 0.6 is 11.3 Å². The van der Waals surface area contributed by atoms with Crippen molar-refractivity contribution in [3.05, 3.63) is 16.4 Å². The molecule has 0 bridgehead atoms. The standard InChI is InChI=1S/C16H23N5O3S/c1-5-24-16(23)20-8-6-19(7-9-20)14(22)12-11(4)21-13(10(2)3)17-18-15(21)25-12/h10H,5-9H2,1-4H3. The van der Waals surface area contributed by atoms with Crippen molar-refractivity contribution < 1.29 is 14.3 Å². The summed E-state index contributed by atoms with van der Waals surface area (Å²) in [5.74, 6) is 1.10. The molecule has 2 aromatic rings. The maximum atomic E-state index is 12.9. The SMILES string of the molecule is CCOC(=O)N1CCN(C(=O)c2sc3nnc(C(C)C)n3c2C)CC1. The number of aromatic nitrogens is 3. The third kappa shape index (κ3) is 3.20. The fraction of sp³-hybridized carbons (Fsp3) is 0.625. The molecule has 0 spiro atoms. The summed E-state index contributed by atoms with van der Waals surface area (Å²) in [4.78, 5) is 29.5. The number of aryl methyl sites for hydroxylation is 1. The fourth-order valence-electron chi connectivity index (χ4n) is 2.95. The maximum absolute atomic E-state index is 12.9. The van der Waals surface area contributed by atoms with Crippen LogP contribution in [0.4, 0.5) is 4.79 Å². The summed E-state index contributed by atoms with van der Waals surface area (Å²) in [6.07, 6.45) is -0.312. The lowest BCUT2D eigenvalue weighted by Gasteiger charge is -2.33. The average Bonchev–Trinajstić information content (AvgIpc) is 3.15. The number of hydrogen-bond acceptors (Lipinski definition) is 6. The monoisotopic (exact) mass is 365 g/mol. The highest BCUT2D eigenvalue weighted by atomic mass is 32.1. The number of carbonyl (C=O) groups is 2. The van der Waals surface area contributed by atoms with Gasteiger partial charge >= 0.3 is 6.09 Å². The number of rotatable bonds is 3. The second kappa shape index (κ2) is 6.99. The molecule has 136 valence electrons. The average molecular weight is 365 g/mol. The summed E-state index contributed by atoms with van der Waals surface area (Å²) < 4.78 is 6.98. The normalized spacial score (nSPS) is 15.2. The number of hydrogen-bond donors (Lipinski definition) is 0. The molecule has 0 unspecified atom stereocenters. The molecule has 0 aromatic carbocycles. The molecular weight excluding hydrogens is 342 g/mol. The molecule has 0 radical (unpaired) electrons. The van der Waals surface area contributed by atoms with Crippen molar-refractivity contribution in [2.45, 2.75) is 33.6 Å². The zero-order valence-electron chi connectivity index (χ0n) is 15.0. The van der Waals surface area contributed by atoms with Crippen molar-refractivity contribution in [3.8, 4) is 0 Å². The van der Waals surface area contributed by atoms with Gasteiger partial charge in [0.1, 0.15) is 10.7 Å². The Kier molecular flexibility index (Phi) is 4.94.